The Labute approximate surface area is 118 Å². The predicted octanol–water partition coefficient (Wildman–Crippen LogP) is -1.03. The number of sulfonamides is 1. The zero-order chi connectivity index (χ0) is 13.8. The Morgan fingerprint density at radius 2 is 2.32 bits per heavy atom. The van der Waals surface area contributed by atoms with E-state index in [9.17, 15) is 8.42 Å². The fraction of sp³-hybridized carbons (Fsp3) is 0.778. The van der Waals surface area contributed by atoms with E-state index in [2.05, 4.69) is 31.0 Å². The first-order valence-electron chi connectivity index (χ1n) is 5.86. The highest BCUT2D eigenvalue weighted by atomic mass is 79.9. The molecule has 4 unspecified atom stereocenters. The van der Waals surface area contributed by atoms with Crippen molar-refractivity contribution in [2.24, 2.45) is 18.7 Å². The van der Waals surface area contributed by atoms with E-state index < -0.39 is 10.0 Å². The van der Waals surface area contributed by atoms with Gasteiger partial charge >= 0.3 is 0 Å². The van der Waals surface area contributed by atoms with Crippen LogP contribution in [0.5, 0.6) is 0 Å². The van der Waals surface area contributed by atoms with Crippen LogP contribution in [-0.4, -0.2) is 48.2 Å². The van der Waals surface area contributed by atoms with Crippen LogP contribution < -0.4 is 10.5 Å². The molecule has 0 aromatic carbocycles. The maximum atomic E-state index is 12.3. The van der Waals surface area contributed by atoms with Gasteiger partial charge in [0.15, 0.2) is 4.60 Å². The maximum Gasteiger partial charge on any atom is 0.260 e. The molecule has 1 aromatic rings. The molecule has 1 aliphatic heterocycles. The summed E-state index contributed by atoms with van der Waals surface area (Å²) in [7, 11) is -2.21. The van der Waals surface area contributed by atoms with Gasteiger partial charge < -0.3 is 10.5 Å². The minimum Gasteiger partial charge on any atom is -0.376 e. The third-order valence-corrected chi connectivity index (χ3v) is 6.08. The van der Waals surface area contributed by atoms with Crippen LogP contribution in [0.4, 0.5) is 0 Å². The molecule has 8 nitrogen and oxygen atoms in total. The van der Waals surface area contributed by atoms with Crippen LogP contribution in [0.2, 0.25) is 0 Å². The Hall–Kier alpha value is -0.550. The van der Waals surface area contributed by atoms with E-state index in [1.807, 2.05) is 0 Å². The van der Waals surface area contributed by atoms with Gasteiger partial charge in [-0.25, -0.2) is 17.8 Å². The largest absolute Gasteiger partial charge is 0.376 e. The number of fused-ring (bicyclic) bond motifs is 1. The zero-order valence-corrected chi connectivity index (χ0v) is 12.6. The minimum atomic E-state index is -3.73. The van der Waals surface area contributed by atoms with Crippen LogP contribution in [0.25, 0.3) is 0 Å². The summed E-state index contributed by atoms with van der Waals surface area (Å²) in [6.07, 6.45) is 0.769. The number of halogens is 1. The number of hydrogen-bond acceptors (Lipinski definition) is 6. The van der Waals surface area contributed by atoms with Gasteiger partial charge in [-0.1, -0.05) is 5.21 Å². The fourth-order valence-corrected chi connectivity index (χ4v) is 5.11. The number of nitrogens with one attached hydrogen (secondary N) is 1. The van der Waals surface area contributed by atoms with Crippen molar-refractivity contribution in [1.29, 1.82) is 0 Å². The lowest BCUT2D eigenvalue weighted by Crippen LogP contribution is -2.68. The Morgan fingerprint density at radius 3 is 2.95 bits per heavy atom. The molecule has 2 heterocycles. The molecule has 0 spiro atoms. The summed E-state index contributed by atoms with van der Waals surface area (Å²) in [5, 5.41) is 7.31. The summed E-state index contributed by atoms with van der Waals surface area (Å²) in [6.45, 7) is 0.637. The molecule has 19 heavy (non-hydrogen) atoms. The number of nitrogens with zero attached hydrogens (tertiary/aromatic N) is 3. The number of rotatable bonds is 3. The molecular formula is C9H14BrN5O3S. The van der Waals surface area contributed by atoms with Crippen molar-refractivity contribution in [2.75, 3.05) is 6.61 Å². The molecular weight excluding hydrogens is 338 g/mol. The molecule has 1 aliphatic carbocycles. The van der Waals surface area contributed by atoms with Gasteiger partial charge in [0.05, 0.1) is 12.1 Å². The van der Waals surface area contributed by atoms with Crippen LogP contribution in [0.3, 0.4) is 0 Å². The molecule has 0 amide bonds. The Morgan fingerprint density at radius 1 is 1.58 bits per heavy atom. The average Bonchev–Trinajstić information content (AvgIpc) is 2.91. The van der Waals surface area contributed by atoms with Crippen molar-refractivity contribution in [3.63, 3.8) is 0 Å². The molecule has 1 saturated heterocycles. The van der Waals surface area contributed by atoms with Crippen molar-refractivity contribution < 1.29 is 13.2 Å². The van der Waals surface area contributed by atoms with E-state index in [1.165, 1.54) is 11.7 Å². The second-order valence-corrected chi connectivity index (χ2v) is 7.20. The third-order valence-electron chi connectivity index (χ3n) is 3.73. The molecule has 3 rings (SSSR count). The SMILES string of the molecule is Cn1nnc(Br)c1S(=O)(=O)NC1C(N)C2CCOC21. The van der Waals surface area contributed by atoms with Crippen molar-refractivity contribution in [2.45, 2.75) is 29.6 Å². The quantitative estimate of drug-likeness (QED) is 0.720. The summed E-state index contributed by atoms with van der Waals surface area (Å²) in [4.78, 5) is 0. The van der Waals surface area contributed by atoms with E-state index in [4.69, 9.17) is 10.5 Å². The maximum absolute atomic E-state index is 12.3. The fourth-order valence-electron chi connectivity index (χ4n) is 2.74. The molecule has 1 aromatic heterocycles. The topological polar surface area (TPSA) is 112 Å². The number of ether oxygens (including phenoxy) is 1. The average molecular weight is 352 g/mol. The third kappa shape index (κ3) is 2.02. The van der Waals surface area contributed by atoms with E-state index >= 15 is 0 Å². The Kier molecular flexibility index (Phi) is 3.17. The molecule has 10 heteroatoms. The van der Waals surface area contributed by atoms with E-state index in [0.717, 1.165) is 6.42 Å². The van der Waals surface area contributed by atoms with Gasteiger partial charge in [0.1, 0.15) is 0 Å². The molecule has 0 bridgehead atoms. The van der Waals surface area contributed by atoms with E-state index in [1.54, 1.807) is 0 Å². The first kappa shape index (κ1) is 13.4. The number of aryl methyl sites for hydroxylation is 1. The minimum absolute atomic E-state index is 0.0128. The van der Waals surface area contributed by atoms with Gasteiger partial charge in [-0.2, -0.15) is 0 Å². The molecule has 106 valence electrons. The highest BCUT2D eigenvalue weighted by Crippen LogP contribution is 2.38. The zero-order valence-electron chi connectivity index (χ0n) is 10.2. The van der Waals surface area contributed by atoms with Gasteiger partial charge in [0.25, 0.3) is 10.0 Å². The Balaban J connectivity index is 1.83. The highest BCUT2D eigenvalue weighted by Gasteiger charge is 2.53. The van der Waals surface area contributed by atoms with Gasteiger partial charge in [-0.15, -0.1) is 5.10 Å². The molecule has 3 N–H and O–H groups in total. The predicted molar refractivity (Wildman–Crippen MR) is 68.6 cm³/mol. The van der Waals surface area contributed by atoms with Gasteiger partial charge in [-0.05, 0) is 22.4 Å². The second-order valence-electron chi connectivity index (χ2n) is 4.82. The van der Waals surface area contributed by atoms with E-state index in [0.29, 0.717) is 6.61 Å². The summed E-state index contributed by atoms with van der Waals surface area (Å²) in [5.41, 5.74) is 5.99. The highest BCUT2D eigenvalue weighted by molar-refractivity contribution is 9.10. The number of aromatic nitrogens is 3. The second kappa shape index (κ2) is 4.48. The molecule has 1 saturated carbocycles. The number of hydrogen-bond donors (Lipinski definition) is 2. The van der Waals surface area contributed by atoms with E-state index in [-0.39, 0.29) is 33.7 Å². The van der Waals surface area contributed by atoms with Crippen LogP contribution >= 0.6 is 15.9 Å². The monoisotopic (exact) mass is 351 g/mol. The van der Waals surface area contributed by atoms with Crippen molar-refractivity contribution in [3.8, 4) is 0 Å². The van der Waals surface area contributed by atoms with Crippen LogP contribution in [-0.2, 0) is 21.8 Å². The lowest BCUT2D eigenvalue weighted by atomic mass is 9.73. The van der Waals surface area contributed by atoms with Crippen LogP contribution in [0.1, 0.15) is 6.42 Å². The Bertz CT molecular complexity index is 583. The van der Waals surface area contributed by atoms with Crippen molar-refractivity contribution >= 4 is 26.0 Å². The van der Waals surface area contributed by atoms with Gasteiger partial charge in [0, 0.05) is 25.6 Å². The first-order valence-corrected chi connectivity index (χ1v) is 8.14. The summed E-state index contributed by atoms with van der Waals surface area (Å²) < 4.78 is 34.1. The summed E-state index contributed by atoms with van der Waals surface area (Å²) in [5.74, 6) is 0.251. The van der Waals surface area contributed by atoms with Gasteiger partial charge in [0.2, 0.25) is 5.03 Å². The first-order chi connectivity index (χ1) is 8.92. The molecule has 2 fully saturated rings. The lowest BCUT2D eigenvalue weighted by Gasteiger charge is -2.45. The molecule has 0 radical (unpaired) electrons. The smallest absolute Gasteiger partial charge is 0.260 e. The summed E-state index contributed by atoms with van der Waals surface area (Å²) >= 11 is 3.08. The normalized spacial score (nSPS) is 34.1. The molecule has 4 atom stereocenters. The lowest BCUT2D eigenvalue weighted by molar-refractivity contribution is -0.00928. The standard InChI is InChI=1S/C9H14BrN5O3S/c1-15-9(8(10)12-14-15)19(16,17)13-6-5(11)4-2-3-18-7(4)6/h4-7,13H,2-3,11H2,1H3. The number of nitrogens with two attached hydrogens (primary N) is 1. The van der Waals surface area contributed by atoms with Gasteiger partial charge in [-0.3, -0.25) is 0 Å². The van der Waals surface area contributed by atoms with Crippen LogP contribution in [0.15, 0.2) is 9.63 Å². The van der Waals surface area contributed by atoms with Crippen molar-refractivity contribution in [1.82, 2.24) is 19.7 Å². The molecule has 2 aliphatic rings. The van der Waals surface area contributed by atoms with Crippen LogP contribution in [0, 0.1) is 5.92 Å². The summed E-state index contributed by atoms with van der Waals surface area (Å²) in [6, 6.07) is -0.596. The van der Waals surface area contributed by atoms with Crippen molar-refractivity contribution in [3.05, 3.63) is 4.60 Å².